The van der Waals surface area contributed by atoms with E-state index in [1.54, 1.807) is 6.92 Å². The van der Waals surface area contributed by atoms with Crippen molar-refractivity contribution in [3.05, 3.63) is 0 Å². The molecular formula is C9H17NO2S. The van der Waals surface area contributed by atoms with E-state index in [-0.39, 0.29) is 11.0 Å². The summed E-state index contributed by atoms with van der Waals surface area (Å²) >= 11 is 1.37. The number of unbranched alkanes of at least 4 members (excludes halogenated alkanes) is 3. The quantitative estimate of drug-likeness (QED) is 0.641. The highest BCUT2D eigenvalue weighted by Gasteiger charge is 1.96. The van der Waals surface area contributed by atoms with E-state index >= 15 is 0 Å². The fourth-order valence-electron chi connectivity index (χ4n) is 0.971. The van der Waals surface area contributed by atoms with Gasteiger partial charge < -0.3 is 5.73 Å². The van der Waals surface area contributed by atoms with Gasteiger partial charge in [0.25, 0.3) is 0 Å². The molecule has 0 unspecified atom stereocenters. The Bertz CT molecular complexity index is 153. The van der Waals surface area contributed by atoms with Crippen molar-refractivity contribution < 1.29 is 9.59 Å². The van der Waals surface area contributed by atoms with Gasteiger partial charge in [0.15, 0.2) is 5.12 Å². The fraction of sp³-hybridized carbons (Fsp3) is 0.778. The van der Waals surface area contributed by atoms with Crippen molar-refractivity contribution in [1.29, 1.82) is 0 Å². The summed E-state index contributed by atoms with van der Waals surface area (Å²) in [6.45, 7) is 1.58. The maximum Gasteiger partial charge on any atom is 0.217 e. The van der Waals surface area contributed by atoms with Crippen molar-refractivity contribution in [1.82, 2.24) is 0 Å². The zero-order chi connectivity index (χ0) is 10.1. The standard InChI is InChI=1S/C9H17NO2S/c1-8(11)13-7-5-3-2-4-6-9(10)12/h2-7H2,1H3,(H2,10,12). The molecule has 0 bridgehead atoms. The van der Waals surface area contributed by atoms with Crippen molar-refractivity contribution in [3.63, 3.8) is 0 Å². The molecule has 0 saturated carbocycles. The van der Waals surface area contributed by atoms with Crippen molar-refractivity contribution in [2.24, 2.45) is 5.73 Å². The van der Waals surface area contributed by atoms with Gasteiger partial charge in [-0.15, -0.1) is 0 Å². The molecule has 0 spiro atoms. The molecule has 13 heavy (non-hydrogen) atoms. The van der Waals surface area contributed by atoms with Gasteiger partial charge in [0, 0.05) is 19.1 Å². The summed E-state index contributed by atoms with van der Waals surface area (Å²) in [7, 11) is 0. The predicted molar refractivity (Wildman–Crippen MR) is 55.4 cm³/mol. The first kappa shape index (κ1) is 12.5. The Morgan fingerprint density at radius 1 is 1.15 bits per heavy atom. The summed E-state index contributed by atoms with van der Waals surface area (Å²) in [5.41, 5.74) is 4.99. The zero-order valence-electron chi connectivity index (χ0n) is 8.04. The molecule has 0 aromatic heterocycles. The number of carbonyl (C=O) groups excluding carboxylic acids is 2. The maximum absolute atomic E-state index is 10.5. The number of carbonyl (C=O) groups is 2. The predicted octanol–water partition coefficient (Wildman–Crippen LogP) is 1.70. The largest absolute Gasteiger partial charge is 0.370 e. The molecule has 1 amide bonds. The number of nitrogens with two attached hydrogens (primary N) is 1. The van der Waals surface area contributed by atoms with E-state index < -0.39 is 0 Å². The van der Waals surface area contributed by atoms with Gasteiger partial charge in [0.05, 0.1) is 0 Å². The minimum Gasteiger partial charge on any atom is -0.370 e. The minimum atomic E-state index is -0.224. The molecule has 0 aromatic rings. The summed E-state index contributed by atoms with van der Waals surface area (Å²) in [5.74, 6) is 0.671. The van der Waals surface area contributed by atoms with Crippen LogP contribution in [0.5, 0.6) is 0 Å². The minimum absolute atomic E-state index is 0.178. The summed E-state index contributed by atoms with van der Waals surface area (Å²) in [6.07, 6.45) is 4.51. The van der Waals surface area contributed by atoms with E-state index in [9.17, 15) is 9.59 Å². The number of thioether (sulfide) groups is 1. The second-order valence-electron chi connectivity index (χ2n) is 2.97. The highest BCUT2D eigenvalue weighted by molar-refractivity contribution is 8.13. The average Bonchev–Trinajstić information content (AvgIpc) is 2.01. The van der Waals surface area contributed by atoms with Gasteiger partial charge in [-0.3, -0.25) is 9.59 Å². The zero-order valence-corrected chi connectivity index (χ0v) is 8.86. The third-order valence-electron chi connectivity index (χ3n) is 1.62. The third-order valence-corrected chi connectivity index (χ3v) is 2.52. The molecule has 0 saturated heterocycles. The highest BCUT2D eigenvalue weighted by atomic mass is 32.2. The lowest BCUT2D eigenvalue weighted by Gasteiger charge is -1.98. The van der Waals surface area contributed by atoms with Gasteiger partial charge in [-0.25, -0.2) is 0 Å². The first-order valence-corrected chi connectivity index (χ1v) is 5.53. The van der Waals surface area contributed by atoms with Crippen LogP contribution in [0.25, 0.3) is 0 Å². The van der Waals surface area contributed by atoms with E-state index in [0.29, 0.717) is 6.42 Å². The smallest absolute Gasteiger partial charge is 0.217 e. The molecule has 0 aromatic carbocycles. The lowest BCUT2D eigenvalue weighted by atomic mass is 10.1. The monoisotopic (exact) mass is 203 g/mol. The number of rotatable bonds is 7. The van der Waals surface area contributed by atoms with Crippen LogP contribution in [0.4, 0.5) is 0 Å². The van der Waals surface area contributed by atoms with Crippen LogP contribution in [-0.4, -0.2) is 16.8 Å². The molecule has 0 fully saturated rings. The molecule has 0 aliphatic carbocycles. The fourth-order valence-corrected chi connectivity index (χ4v) is 1.61. The molecule has 0 heterocycles. The Balaban J connectivity index is 3.00. The van der Waals surface area contributed by atoms with E-state index in [4.69, 9.17) is 5.73 Å². The van der Waals surface area contributed by atoms with Crippen LogP contribution in [0.15, 0.2) is 0 Å². The first-order chi connectivity index (χ1) is 6.13. The second-order valence-corrected chi connectivity index (χ2v) is 4.24. The van der Waals surface area contributed by atoms with Gasteiger partial charge >= 0.3 is 0 Å². The van der Waals surface area contributed by atoms with Gasteiger partial charge in [-0.1, -0.05) is 24.6 Å². The lowest BCUT2D eigenvalue weighted by Crippen LogP contribution is -2.09. The molecule has 0 atom stereocenters. The molecule has 4 heteroatoms. The van der Waals surface area contributed by atoms with Crippen molar-refractivity contribution in [2.75, 3.05) is 5.75 Å². The number of hydrogen-bond acceptors (Lipinski definition) is 3. The topological polar surface area (TPSA) is 60.2 Å². The van der Waals surface area contributed by atoms with Crippen LogP contribution in [0.3, 0.4) is 0 Å². The Morgan fingerprint density at radius 3 is 2.31 bits per heavy atom. The number of hydrogen-bond donors (Lipinski definition) is 1. The van der Waals surface area contributed by atoms with Crippen molar-refractivity contribution >= 4 is 22.8 Å². The molecule has 0 radical (unpaired) electrons. The molecule has 3 nitrogen and oxygen atoms in total. The molecule has 76 valence electrons. The first-order valence-electron chi connectivity index (χ1n) is 4.54. The van der Waals surface area contributed by atoms with Gasteiger partial charge in [-0.05, 0) is 12.8 Å². The van der Waals surface area contributed by atoms with Crippen LogP contribution in [0.1, 0.15) is 39.0 Å². The molecular weight excluding hydrogens is 186 g/mol. The van der Waals surface area contributed by atoms with E-state index in [2.05, 4.69) is 0 Å². The van der Waals surface area contributed by atoms with Gasteiger partial charge in [0.1, 0.15) is 0 Å². The normalized spacial score (nSPS) is 9.92. The van der Waals surface area contributed by atoms with Crippen molar-refractivity contribution in [2.45, 2.75) is 39.0 Å². The second kappa shape index (κ2) is 8.10. The Morgan fingerprint density at radius 2 is 1.77 bits per heavy atom. The number of amides is 1. The van der Waals surface area contributed by atoms with Crippen LogP contribution >= 0.6 is 11.8 Å². The molecule has 0 rings (SSSR count). The van der Waals surface area contributed by atoms with E-state index in [1.807, 2.05) is 0 Å². The Labute approximate surface area is 83.4 Å². The summed E-state index contributed by atoms with van der Waals surface area (Å²) < 4.78 is 0. The molecule has 2 N–H and O–H groups in total. The lowest BCUT2D eigenvalue weighted by molar-refractivity contribution is -0.118. The summed E-state index contributed by atoms with van der Waals surface area (Å²) in [4.78, 5) is 20.9. The van der Waals surface area contributed by atoms with E-state index in [1.165, 1.54) is 11.8 Å². The summed E-state index contributed by atoms with van der Waals surface area (Å²) in [6, 6.07) is 0. The van der Waals surface area contributed by atoms with Crippen LogP contribution in [-0.2, 0) is 9.59 Å². The Kier molecular flexibility index (Phi) is 7.79. The molecule has 0 aliphatic heterocycles. The van der Waals surface area contributed by atoms with Crippen LogP contribution < -0.4 is 5.73 Å². The number of primary amides is 1. The van der Waals surface area contributed by atoms with Crippen molar-refractivity contribution in [3.8, 4) is 0 Å². The Hall–Kier alpha value is -0.510. The average molecular weight is 203 g/mol. The van der Waals surface area contributed by atoms with E-state index in [0.717, 1.165) is 31.4 Å². The SMILES string of the molecule is CC(=O)SCCCCCCC(N)=O. The van der Waals surface area contributed by atoms with Crippen LogP contribution in [0.2, 0.25) is 0 Å². The van der Waals surface area contributed by atoms with Gasteiger partial charge in [0.2, 0.25) is 5.91 Å². The maximum atomic E-state index is 10.5. The van der Waals surface area contributed by atoms with Gasteiger partial charge in [-0.2, -0.15) is 0 Å². The van der Waals surface area contributed by atoms with Crippen LogP contribution in [0, 0.1) is 0 Å². The molecule has 0 aliphatic rings. The highest BCUT2D eigenvalue weighted by Crippen LogP contribution is 2.08. The third kappa shape index (κ3) is 11.5. The summed E-state index contributed by atoms with van der Waals surface area (Å²) in [5, 5.41) is 0.178.